The molecule has 0 aromatic carbocycles. The van der Waals surface area contributed by atoms with Crippen molar-refractivity contribution in [3.05, 3.63) is 12.7 Å². The van der Waals surface area contributed by atoms with Crippen LogP contribution >= 0.6 is 0 Å². The van der Waals surface area contributed by atoms with E-state index in [2.05, 4.69) is 15.0 Å². The molecule has 0 radical (unpaired) electrons. The molecule has 0 aliphatic heterocycles. The average Bonchev–Trinajstić information content (AvgIpc) is 1.98. The van der Waals surface area contributed by atoms with Crippen LogP contribution in [-0.4, -0.2) is 29.5 Å². The normalized spacial score (nSPS) is 10.6. The van der Waals surface area contributed by atoms with Crippen LogP contribution in [0.3, 0.4) is 0 Å². The third-order valence-electron chi connectivity index (χ3n) is 0.513. The van der Waals surface area contributed by atoms with Crippen LogP contribution in [0.1, 0.15) is 0 Å². The third-order valence-corrected chi connectivity index (χ3v) is 0.513. The fourth-order valence-corrected chi connectivity index (χ4v) is 0.248. The second-order valence-electron chi connectivity index (χ2n) is 1.99. The van der Waals surface area contributed by atoms with E-state index in [1.54, 1.807) is 0 Å². The Hall–Kier alpha value is -1.62. The molecule has 0 aliphatic rings. The van der Waals surface area contributed by atoms with Gasteiger partial charge in [0.15, 0.2) is 0 Å². The first-order chi connectivity index (χ1) is 7.39. The molecule has 0 atom stereocenters. The van der Waals surface area contributed by atoms with E-state index >= 15 is 0 Å². The molecule has 1 aromatic heterocycles. The Labute approximate surface area is 89.5 Å². The minimum atomic E-state index is -6.00. The molecule has 100 valence electrons. The average molecular weight is 270 g/mol. The first-order valence-corrected chi connectivity index (χ1v) is 3.51. The Bertz CT molecular complexity index is 263. The van der Waals surface area contributed by atoms with E-state index in [4.69, 9.17) is 5.73 Å². The van der Waals surface area contributed by atoms with Crippen LogP contribution in [0.5, 0.6) is 0 Å². The van der Waals surface area contributed by atoms with Gasteiger partial charge in [0.2, 0.25) is 5.95 Å². The molecule has 2 N–H and O–H groups in total. The number of hydrogen-bond donors (Lipinski definition) is 1. The SMILES string of the molecule is F[B-](F)(F)F.F[B-](F)(F)F.Nc1ncncn1. The summed E-state index contributed by atoms with van der Waals surface area (Å²) in [5, 5.41) is 0. The zero-order valence-corrected chi connectivity index (χ0v) is 7.75. The minimum absolute atomic E-state index is 0.259. The number of halogens is 8. The van der Waals surface area contributed by atoms with Crippen LogP contribution in [0.15, 0.2) is 12.7 Å². The Balaban J connectivity index is 0. The highest BCUT2D eigenvalue weighted by molar-refractivity contribution is 6.50. The maximum atomic E-state index is 9.75. The highest BCUT2D eigenvalue weighted by Gasteiger charge is 2.21. The minimum Gasteiger partial charge on any atom is -0.418 e. The van der Waals surface area contributed by atoms with E-state index in [0.717, 1.165) is 0 Å². The standard InChI is InChI=1S/C3H4N4.2BF4/c4-3-6-1-5-2-7-3;2*2-1(3,4)5/h1-2H,(H2,4,5,6,7);;/q;2*-1. The molecule has 0 aliphatic carbocycles. The summed E-state index contributed by atoms with van der Waals surface area (Å²) in [5.74, 6) is 0.259. The summed E-state index contributed by atoms with van der Waals surface area (Å²) in [6.45, 7) is 0. The van der Waals surface area contributed by atoms with Crippen LogP contribution < -0.4 is 5.73 Å². The molecule has 14 heteroatoms. The molecule has 1 rings (SSSR count). The number of hydrogen-bond acceptors (Lipinski definition) is 4. The molecule has 17 heavy (non-hydrogen) atoms. The van der Waals surface area contributed by atoms with E-state index in [-0.39, 0.29) is 5.95 Å². The Morgan fingerprint density at radius 2 is 1.00 bits per heavy atom. The van der Waals surface area contributed by atoms with Crippen molar-refractivity contribution < 1.29 is 34.5 Å². The molecular weight excluding hydrogens is 266 g/mol. The number of aromatic nitrogens is 3. The maximum Gasteiger partial charge on any atom is 0.673 e. The van der Waals surface area contributed by atoms with Gasteiger partial charge in [-0.05, 0) is 0 Å². The van der Waals surface area contributed by atoms with E-state index < -0.39 is 14.5 Å². The second kappa shape index (κ2) is 7.62. The largest absolute Gasteiger partial charge is 0.673 e. The highest BCUT2D eigenvalue weighted by atomic mass is 19.5. The molecule has 0 unspecified atom stereocenters. The van der Waals surface area contributed by atoms with Crippen LogP contribution in [0.25, 0.3) is 0 Å². The predicted octanol–water partition coefficient (Wildman–Crippen LogP) is 2.05. The van der Waals surface area contributed by atoms with Crippen molar-refractivity contribution in [3.63, 3.8) is 0 Å². The first-order valence-electron chi connectivity index (χ1n) is 3.51. The van der Waals surface area contributed by atoms with Gasteiger partial charge >= 0.3 is 14.5 Å². The monoisotopic (exact) mass is 270 g/mol. The number of nitrogens with two attached hydrogens (primary N) is 1. The predicted molar refractivity (Wildman–Crippen MR) is 44.6 cm³/mol. The van der Waals surface area contributed by atoms with Crippen LogP contribution in [-0.2, 0) is 0 Å². The van der Waals surface area contributed by atoms with Crippen molar-refractivity contribution in [1.29, 1.82) is 0 Å². The Morgan fingerprint density at radius 1 is 0.765 bits per heavy atom. The topological polar surface area (TPSA) is 64.7 Å². The van der Waals surface area contributed by atoms with E-state index in [9.17, 15) is 34.5 Å². The number of anilines is 1. The van der Waals surface area contributed by atoms with Crippen molar-refractivity contribution in [3.8, 4) is 0 Å². The zero-order chi connectivity index (χ0) is 14.1. The fourth-order valence-electron chi connectivity index (χ4n) is 0.248. The summed E-state index contributed by atoms with van der Waals surface area (Å²) in [5.41, 5.74) is 5.10. The van der Waals surface area contributed by atoms with Crippen LogP contribution in [0, 0.1) is 0 Å². The summed E-state index contributed by atoms with van der Waals surface area (Å²) < 4.78 is 78.0. The fraction of sp³-hybridized carbons (Fsp3) is 0. The van der Waals surface area contributed by atoms with Gasteiger partial charge in [-0.1, -0.05) is 0 Å². The number of rotatable bonds is 0. The summed E-state index contributed by atoms with van der Waals surface area (Å²) in [7, 11) is -12.0. The van der Waals surface area contributed by atoms with Gasteiger partial charge in [0.25, 0.3) is 0 Å². The van der Waals surface area contributed by atoms with E-state index in [1.807, 2.05) is 0 Å². The maximum absolute atomic E-state index is 9.75. The Morgan fingerprint density at radius 3 is 1.12 bits per heavy atom. The van der Waals surface area contributed by atoms with Crippen molar-refractivity contribution in [2.24, 2.45) is 0 Å². The van der Waals surface area contributed by atoms with Gasteiger partial charge in [-0.15, -0.1) is 0 Å². The number of nitrogen functional groups attached to an aromatic ring is 1. The van der Waals surface area contributed by atoms with Gasteiger partial charge in [0, 0.05) is 0 Å². The lowest BCUT2D eigenvalue weighted by molar-refractivity contribution is 0.366. The molecule has 0 spiro atoms. The van der Waals surface area contributed by atoms with Gasteiger partial charge in [-0.25, -0.2) is 15.0 Å². The summed E-state index contributed by atoms with van der Waals surface area (Å²) in [6.07, 6.45) is 2.70. The van der Waals surface area contributed by atoms with Gasteiger partial charge in [-0.2, -0.15) is 0 Å². The third kappa shape index (κ3) is 54.1. The molecule has 0 bridgehead atoms. The molecule has 0 amide bonds. The van der Waals surface area contributed by atoms with Crippen LogP contribution in [0.4, 0.5) is 40.5 Å². The Kier molecular flexibility index (Phi) is 7.96. The highest BCUT2D eigenvalue weighted by Crippen LogP contribution is 2.07. The van der Waals surface area contributed by atoms with Crippen molar-refractivity contribution >= 4 is 20.5 Å². The molecule has 0 saturated heterocycles. The molecular formula is C3H4B2F8N4-2. The van der Waals surface area contributed by atoms with Gasteiger partial charge < -0.3 is 40.3 Å². The van der Waals surface area contributed by atoms with Crippen LogP contribution in [0.2, 0.25) is 0 Å². The molecule has 1 aromatic rings. The molecule has 1 heterocycles. The number of nitrogens with zero attached hydrogens (tertiary/aromatic N) is 3. The summed E-state index contributed by atoms with van der Waals surface area (Å²) >= 11 is 0. The smallest absolute Gasteiger partial charge is 0.418 e. The van der Waals surface area contributed by atoms with Crippen molar-refractivity contribution in [2.75, 3.05) is 5.73 Å². The molecule has 4 nitrogen and oxygen atoms in total. The van der Waals surface area contributed by atoms with Gasteiger partial charge in [0.05, 0.1) is 0 Å². The van der Waals surface area contributed by atoms with Gasteiger partial charge in [-0.3, -0.25) is 0 Å². The van der Waals surface area contributed by atoms with E-state index in [0.29, 0.717) is 0 Å². The quantitative estimate of drug-likeness (QED) is 0.578. The zero-order valence-electron chi connectivity index (χ0n) is 7.75. The summed E-state index contributed by atoms with van der Waals surface area (Å²) in [4.78, 5) is 10.6. The molecule has 0 saturated carbocycles. The van der Waals surface area contributed by atoms with Gasteiger partial charge in [0.1, 0.15) is 12.7 Å². The first kappa shape index (κ1) is 17.8. The van der Waals surface area contributed by atoms with E-state index in [1.165, 1.54) is 12.7 Å². The van der Waals surface area contributed by atoms with Crippen molar-refractivity contribution in [1.82, 2.24) is 15.0 Å². The van der Waals surface area contributed by atoms with Crippen molar-refractivity contribution in [2.45, 2.75) is 0 Å². The lowest BCUT2D eigenvalue weighted by Gasteiger charge is -1.94. The molecule has 0 fully saturated rings. The second-order valence-corrected chi connectivity index (χ2v) is 1.99. The lowest BCUT2D eigenvalue weighted by atomic mass is 10.3. The lowest BCUT2D eigenvalue weighted by Crippen LogP contribution is -2.02. The summed E-state index contributed by atoms with van der Waals surface area (Å²) in [6, 6.07) is 0.